The Balaban J connectivity index is 2.62. The predicted octanol–water partition coefficient (Wildman–Crippen LogP) is 0.698. The lowest BCUT2D eigenvalue weighted by Gasteiger charge is -2.12. The van der Waals surface area contributed by atoms with Gasteiger partial charge in [0.05, 0.1) is 12.2 Å². The van der Waals surface area contributed by atoms with Crippen LogP contribution < -0.4 is 16.2 Å². The highest BCUT2D eigenvalue weighted by atomic mass is 16.5. The molecule has 1 rings (SSSR count). The molecule has 1 aromatic rings. The number of rotatable bonds is 6. The van der Waals surface area contributed by atoms with Gasteiger partial charge in [0.15, 0.2) is 0 Å². The van der Waals surface area contributed by atoms with E-state index in [0.717, 1.165) is 13.0 Å². The van der Waals surface area contributed by atoms with E-state index >= 15 is 0 Å². The fourth-order valence-corrected chi connectivity index (χ4v) is 1.42. The number of hydrogen-bond acceptors (Lipinski definition) is 4. The number of benzene rings is 1. The maximum Gasteiger partial charge on any atom is 0.252 e. The van der Waals surface area contributed by atoms with Crippen molar-refractivity contribution in [3.05, 3.63) is 23.8 Å². The van der Waals surface area contributed by atoms with Crippen molar-refractivity contribution in [2.24, 2.45) is 5.73 Å². The molecule has 5 nitrogen and oxygen atoms in total. The summed E-state index contributed by atoms with van der Waals surface area (Å²) in [5.41, 5.74) is 11.8. The predicted molar refractivity (Wildman–Crippen MR) is 68.0 cm³/mol. The molecule has 0 unspecified atom stereocenters. The first kappa shape index (κ1) is 13.3. The number of nitrogen functional groups attached to an aromatic ring is 1. The second-order valence-corrected chi connectivity index (χ2v) is 4.13. The Bertz CT molecular complexity index is 391. The molecule has 94 valence electrons. The van der Waals surface area contributed by atoms with Crippen LogP contribution in [0.3, 0.4) is 0 Å². The van der Waals surface area contributed by atoms with Gasteiger partial charge < -0.3 is 21.1 Å². The van der Waals surface area contributed by atoms with Crippen LogP contribution >= 0.6 is 0 Å². The summed E-state index contributed by atoms with van der Waals surface area (Å²) < 4.78 is 5.52. The molecule has 1 amide bonds. The molecule has 0 aromatic heterocycles. The van der Waals surface area contributed by atoms with Crippen LogP contribution in [-0.4, -0.2) is 38.1 Å². The molecule has 5 heteroatoms. The van der Waals surface area contributed by atoms with Crippen molar-refractivity contribution >= 4 is 11.6 Å². The number of nitrogens with zero attached hydrogens (tertiary/aromatic N) is 1. The molecule has 0 radical (unpaired) electrons. The van der Waals surface area contributed by atoms with E-state index in [2.05, 4.69) is 4.90 Å². The average Bonchev–Trinajstić information content (AvgIpc) is 2.23. The van der Waals surface area contributed by atoms with Gasteiger partial charge in [0.25, 0.3) is 5.91 Å². The average molecular weight is 237 g/mol. The molecule has 0 aliphatic heterocycles. The van der Waals surface area contributed by atoms with Crippen LogP contribution in [-0.2, 0) is 0 Å². The zero-order chi connectivity index (χ0) is 12.8. The van der Waals surface area contributed by atoms with E-state index in [1.165, 1.54) is 0 Å². The standard InChI is InChI=1S/C12H19N3O2/c1-15(2)6-3-7-17-11-8-9(13)4-5-10(11)12(14)16/h4-5,8H,3,6-7,13H2,1-2H3,(H2,14,16). The summed E-state index contributed by atoms with van der Waals surface area (Å²) in [4.78, 5) is 13.2. The zero-order valence-corrected chi connectivity index (χ0v) is 10.3. The van der Waals surface area contributed by atoms with Crippen LogP contribution in [0.1, 0.15) is 16.8 Å². The summed E-state index contributed by atoms with van der Waals surface area (Å²) in [6, 6.07) is 4.83. The Morgan fingerprint density at radius 1 is 1.41 bits per heavy atom. The van der Waals surface area contributed by atoms with Crippen molar-refractivity contribution in [1.29, 1.82) is 0 Å². The molecular weight excluding hydrogens is 218 g/mol. The van der Waals surface area contributed by atoms with Crippen LogP contribution in [0.15, 0.2) is 18.2 Å². The van der Waals surface area contributed by atoms with E-state index in [1.54, 1.807) is 18.2 Å². The number of hydrogen-bond donors (Lipinski definition) is 2. The lowest BCUT2D eigenvalue weighted by molar-refractivity contribution is 0.0996. The summed E-state index contributed by atoms with van der Waals surface area (Å²) in [5, 5.41) is 0. The fourth-order valence-electron chi connectivity index (χ4n) is 1.42. The second kappa shape index (κ2) is 6.10. The number of amides is 1. The highest BCUT2D eigenvalue weighted by Crippen LogP contribution is 2.21. The van der Waals surface area contributed by atoms with Crippen LogP contribution in [0.4, 0.5) is 5.69 Å². The maximum absolute atomic E-state index is 11.2. The van der Waals surface area contributed by atoms with Crippen LogP contribution in [0.2, 0.25) is 0 Å². The summed E-state index contributed by atoms with van der Waals surface area (Å²) >= 11 is 0. The number of anilines is 1. The molecular formula is C12H19N3O2. The first-order valence-electron chi connectivity index (χ1n) is 5.47. The van der Waals surface area contributed by atoms with E-state index in [1.807, 2.05) is 14.1 Å². The minimum Gasteiger partial charge on any atom is -0.493 e. The number of nitrogens with two attached hydrogens (primary N) is 2. The summed E-state index contributed by atoms with van der Waals surface area (Å²) in [6.45, 7) is 1.45. The fraction of sp³-hybridized carbons (Fsp3) is 0.417. The SMILES string of the molecule is CN(C)CCCOc1cc(N)ccc1C(N)=O. The summed E-state index contributed by atoms with van der Waals surface area (Å²) in [5.74, 6) is -0.0520. The van der Waals surface area contributed by atoms with Gasteiger partial charge in [-0.2, -0.15) is 0 Å². The van der Waals surface area contributed by atoms with Gasteiger partial charge >= 0.3 is 0 Å². The largest absolute Gasteiger partial charge is 0.493 e. The molecule has 0 fully saturated rings. The Kier molecular flexibility index (Phi) is 4.78. The molecule has 0 saturated heterocycles. The van der Waals surface area contributed by atoms with Gasteiger partial charge in [-0.1, -0.05) is 0 Å². The summed E-state index contributed by atoms with van der Waals surface area (Å²) in [7, 11) is 3.99. The third-order valence-electron chi connectivity index (χ3n) is 2.28. The van der Waals surface area contributed by atoms with E-state index in [9.17, 15) is 4.79 Å². The maximum atomic E-state index is 11.2. The van der Waals surface area contributed by atoms with E-state index in [4.69, 9.17) is 16.2 Å². The van der Waals surface area contributed by atoms with Crippen molar-refractivity contribution in [3.8, 4) is 5.75 Å². The topological polar surface area (TPSA) is 81.6 Å². The van der Waals surface area contributed by atoms with Gasteiger partial charge in [0, 0.05) is 18.3 Å². The van der Waals surface area contributed by atoms with Crippen LogP contribution in [0.25, 0.3) is 0 Å². The molecule has 0 aliphatic carbocycles. The third-order valence-corrected chi connectivity index (χ3v) is 2.28. The quantitative estimate of drug-likeness (QED) is 0.563. The Labute approximate surface area is 101 Å². The highest BCUT2D eigenvalue weighted by molar-refractivity contribution is 5.96. The normalized spacial score (nSPS) is 10.5. The Morgan fingerprint density at radius 2 is 2.12 bits per heavy atom. The van der Waals surface area contributed by atoms with Crippen LogP contribution in [0, 0.1) is 0 Å². The van der Waals surface area contributed by atoms with Crippen molar-refractivity contribution in [2.45, 2.75) is 6.42 Å². The molecule has 0 aliphatic rings. The number of carbonyl (C=O) groups is 1. The highest BCUT2D eigenvalue weighted by Gasteiger charge is 2.09. The molecule has 0 spiro atoms. The first-order valence-corrected chi connectivity index (χ1v) is 5.47. The van der Waals surface area contributed by atoms with Gasteiger partial charge in [-0.3, -0.25) is 4.79 Å². The van der Waals surface area contributed by atoms with E-state index in [-0.39, 0.29) is 0 Å². The van der Waals surface area contributed by atoms with Gasteiger partial charge in [0.2, 0.25) is 0 Å². The third kappa shape index (κ3) is 4.32. The van der Waals surface area contributed by atoms with Crippen molar-refractivity contribution in [1.82, 2.24) is 4.90 Å². The van der Waals surface area contributed by atoms with Gasteiger partial charge in [-0.05, 0) is 32.6 Å². The number of ether oxygens (including phenoxy) is 1. The second-order valence-electron chi connectivity index (χ2n) is 4.13. The van der Waals surface area contributed by atoms with Crippen molar-refractivity contribution < 1.29 is 9.53 Å². The monoisotopic (exact) mass is 237 g/mol. The van der Waals surface area contributed by atoms with Crippen LogP contribution in [0.5, 0.6) is 5.75 Å². The molecule has 1 aromatic carbocycles. The smallest absolute Gasteiger partial charge is 0.252 e. The van der Waals surface area contributed by atoms with E-state index in [0.29, 0.717) is 23.6 Å². The summed E-state index contributed by atoms with van der Waals surface area (Å²) in [6.07, 6.45) is 0.875. The lowest BCUT2D eigenvalue weighted by Crippen LogP contribution is -2.17. The molecule has 0 saturated carbocycles. The number of primary amides is 1. The lowest BCUT2D eigenvalue weighted by atomic mass is 10.1. The molecule has 0 atom stereocenters. The Morgan fingerprint density at radius 3 is 2.71 bits per heavy atom. The van der Waals surface area contributed by atoms with Gasteiger partial charge in [-0.15, -0.1) is 0 Å². The molecule has 0 bridgehead atoms. The minimum atomic E-state index is -0.507. The Hall–Kier alpha value is -1.75. The molecule has 4 N–H and O–H groups in total. The van der Waals surface area contributed by atoms with E-state index < -0.39 is 5.91 Å². The van der Waals surface area contributed by atoms with Gasteiger partial charge in [-0.25, -0.2) is 0 Å². The first-order chi connectivity index (χ1) is 8.00. The zero-order valence-electron chi connectivity index (χ0n) is 10.3. The minimum absolute atomic E-state index is 0.365. The number of carbonyl (C=O) groups excluding carboxylic acids is 1. The molecule has 0 heterocycles. The van der Waals surface area contributed by atoms with Crippen molar-refractivity contribution in [2.75, 3.05) is 33.0 Å². The van der Waals surface area contributed by atoms with Crippen molar-refractivity contribution in [3.63, 3.8) is 0 Å². The molecule has 17 heavy (non-hydrogen) atoms. The van der Waals surface area contributed by atoms with Gasteiger partial charge in [0.1, 0.15) is 5.75 Å².